The van der Waals surface area contributed by atoms with Crippen molar-refractivity contribution in [2.45, 2.75) is 33.2 Å². The Morgan fingerprint density at radius 1 is 1.25 bits per heavy atom. The molecule has 124 valence electrons. The highest BCUT2D eigenvalue weighted by Crippen LogP contribution is 2.12. The van der Waals surface area contributed by atoms with E-state index in [4.69, 9.17) is 0 Å². The molecule has 0 radical (unpaired) electrons. The number of carbonyl (C=O) groups is 1. The summed E-state index contributed by atoms with van der Waals surface area (Å²) in [6.07, 6.45) is 3.06. The molecule has 3 aromatic rings. The molecule has 1 amide bonds. The van der Waals surface area contributed by atoms with Gasteiger partial charge in [0.05, 0.1) is 18.4 Å². The van der Waals surface area contributed by atoms with Crippen molar-refractivity contribution in [3.63, 3.8) is 0 Å². The molecule has 0 saturated carbocycles. The zero-order valence-electron chi connectivity index (χ0n) is 13.8. The zero-order valence-corrected chi connectivity index (χ0v) is 14.6. The van der Waals surface area contributed by atoms with Gasteiger partial charge in [0, 0.05) is 11.8 Å². The summed E-state index contributed by atoms with van der Waals surface area (Å²) in [4.78, 5) is 12.0. The number of carbonyl (C=O) groups excluding carboxylic acids is 1. The van der Waals surface area contributed by atoms with Crippen LogP contribution in [0.3, 0.4) is 0 Å². The largest absolute Gasteiger partial charge is 0.350 e. The molecular formula is C18H20N4OS. The highest BCUT2D eigenvalue weighted by molar-refractivity contribution is 7.08. The molecule has 2 aromatic heterocycles. The van der Waals surface area contributed by atoms with Gasteiger partial charge in [-0.05, 0) is 48.4 Å². The van der Waals surface area contributed by atoms with Crippen LogP contribution in [0.5, 0.6) is 0 Å². The minimum atomic E-state index is 0.0262. The second-order valence-electron chi connectivity index (χ2n) is 5.83. The average molecular weight is 340 g/mol. The second-order valence-corrected chi connectivity index (χ2v) is 6.61. The van der Waals surface area contributed by atoms with Gasteiger partial charge in [-0.25, -0.2) is 4.68 Å². The Morgan fingerprint density at radius 3 is 2.88 bits per heavy atom. The van der Waals surface area contributed by atoms with Gasteiger partial charge in [0.2, 0.25) is 5.91 Å². The van der Waals surface area contributed by atoms with Gasteiger partial charge >= 0.3 is 0 Å². The Balaban J connectivity index is 1.48. The van der Waals surface area contributed by atoms with E-state index in [2.05, 4.69) is 47.7 Å². The highest BCUT2D eigenvalue weighted by atomic mass is 32.1. The van der Waals surface area contributed by atoms with Gasteiger partial charge in [-0.2, -0.15) is 11.3 Å². The molecule has 0 aliphatic heterocycles. The molecule has 0 aliphatic carbocycles. The van der Waals surface area contributed by atoms with E-state index >= 15 is 0 Å². The first kappa shape index (κ1) is 16.4. The molecule has 0 spiro atoms. The number of aromatic nitrogens is 3. The van der Waals surface area contributed by atoms with E-state index in [0.717, 1.165) is 17.8 Å². The molecule has 0 unspecified atom stereocenters. The molecule has 0 fully saturated rings. The topological polar surface area (TPSA) is 59.8 Å². The Morgan fingerprint density at radius 2 is 2.12 bits per heavy atom. The van der Waals surface area contributed by atoms with Gasteiger partial charge in [0.25, 0.3) is 0 Å². The lowest BCUT2D eigenvalue weighted by atomic mass is 10.0. The number of nitrogens with zero attached hydrogens (tertiary/aromatic N) is 3. The first-order valence-electron chi connectivity index (χ1n) is 7.88. The van der Waals surface area contributed by atoms with Crippen molar-refractivity contribution in [2.75, 3.05) is 0 Å². The lowest BCUT2D eigenvalue weighted by Crippen LogP contribution is -2.23. The van der Waals surface area contributed by atoms with Crippen LogP contribution in [0.1, 0.15) is 28.8 Å². The van der Waals surface area contributed by atoms with Gasteiger partial charge in [-0.1, -0.05) is 23.4 Å². The molecule has 24 heavy (non-hydrogen) atoms. The van der Waals surface area contributed by atoms with E-state index in [9.17, 15) is 4.79 Å². The monoisotopic (exact) mass is 340 g/mol. The third-order valence-corrected chi connectivity index (χ3v) is 4.66. The molecule has 1 N–H and O–H groups in total. The number of aryl methyl sites for hydroxylation is 3. The van der Waals surface area contributed by atoms with Gasteiger partial charge in [0.15, 0.2) is 0 Å². The van der Waals surface area contributed by atoms with E-state index in [0.29, 0.717) is 13.0 Å². The van der Waals surface area contributed by atoms with Crippen molar-refractivity contribution in [2.24, 2.45) is 0 Å². The third-order valence-electron chi connectivity index (χ3n) is 3.99. The maximum atomic E-state index is 12.0. The van der Waals surface area contributed by atoms with Crippen molar-refractivity contribution in [1.82, 2.24) is 20.3 Å². The number of thiophene rings is 1. The SMILES string of the molecule is Cc1ccc(CCC(=O)NCc2cn(-c3ccsc3)nn2)cc1C. The molecule has 3 rings (SSSR count). The summed E-state index contributed by atoms with van der Waals surface area (Å²) in [5, 5.41) is 15.1. The van der Waals surface area contributed by atoms with E-state index < -0.39 is 0 Å². The van der Waals surface area contributed by atoms with Crippen LogP contribution in [0.2, 0.25) is 0 Å². The minimum Gasteiger partial charge on any atom is -0.350 e. The minimum absolute atomic E-state index is 0.0262. The van der Waals surface area contributed by atoms with Crippen LogP contribution in [0.4, 0.5) is 0 Å². The second kappa shape index (κ2) is 7.40. The quantitative estimate of drug-likeness (QED) is 0.750. The molecule has 1 aromatic carbocycles. The number of hydrogen-bond donors (Lipinski definition) is 1. The highest BCUT2D eigenvalue weighted by Gasteiger charge is 2.07. The third kappa shape index (κ3) is 4.08. The van der Waals surface area contributed by atoms with E-state index in [1.165, 1.54) is 16.7 Å². The summed E-state index contributed by atoms with van der Waals surface area (Å²) in [5.74, 6) is 0.0262. The molecule has 0 saturated heterocycles. The summed E-state index contributed by atoms with van der Waals surface area (Å²) < 4.78 is 1.72. The van der Waals surface area contributed by atoms with Crippen molar-refractivity contribution < 1.29 is 4.79 Å². The number of rotatable bonds is 6. The van der Waals surface area contributed by atoms with Crippen molar-refractivity contribution >= 4 is 17.2 Å². The average Bonchev–Trinajstić information content (AvgIpc) is 3.25. The summed E-state index contributed by atoms with van der Waals surface area (Å²) in [6, 6.07) is 8.31. The molecule has 5 nitrogen and oxygen atoms in total. The molecular weight excluding hydrogens is 320 g/mol. The normalized spacial score (nSPS) is 10.8. The lowest BCUT2D eigenvalue weighted by Gasteiger charge is -2.06. The number of amides is 1. The van der Waals surface area contributed by atoms with Crippen molar-refractivity contribution in [1.29, 1.82) is 0 Å². The summed E-state index contributed by atoms with van der Waals surface area (Å²) in [5.41, 5.74) is 5.46. The van der Waals surface area contributed by atoms with Crippen LogP contribution in [-0.4, -0.2) is 20.9 Å². The Hall–Kier alpha value is -2.47. The van der Waals surface area contributed by atoms with Crippen LogP contribution < -0.4 is 5.32 Å². The lowest BCUT2D eigenvalue weighted by molar-refractivity contribution is -0.121. The first-order chi connectivity index (χ1) is 11.6. The van der Waals surface area contributed by atoms with Gasteiger partial charge in [-0.3, -0.25) is 4.79 Å². The molecule has 6 heteroatoms. The van der Waals surface area contributed by atoms with Gasteiger partial charge in [0.1, 0.15) is 5.69 Å². The molecule has 2 heterocycles. The van der Waals surface area contributed by atoms with Crippen LogP contribution in [0.25, 0.3) is 5.69 Å². The summed E-state index contributed by atoms with van der Waals surface area (Å²) >= 11 is 1.61. The van der Waals surface area contributed by atoms with Gasteiger partial charge in [-0.15, -0.1) is 5.10 Å². The Bertz CT molecular complexity index is 823. The molecule has 0 aliphatic rings. The number of benzene rings is 1. The number of nitrogens with one attached hydrogen (secondary N) is 1. The fourth-order valence-electron chi connectivity index (χ4n) is 2.39. The molecule has 0 atom stereocenters. The van der Waals surface area contributed by atoms with Crippen LogP contribution >= 0.6 is 11.3 Å². The summed E-state index contributed by atoms with van der Waals surface area (Å²) in [7, 11) is 0. The van der Waals surface area contributed by atoms with Crippen molar-refractivity contribution in [3.8, 4) is 5.69 Å². The number of hydrogen-bond acceptors (Lipinski definition) is 4. The fraction of sp³-hybridized carbons (Fsp3) is 0.278. The van der Waals surface area contributed by atoms with Gasteiger partial charge < -0.3 is 5.32 Å². The fourth-order valence-corrected chi connectivity index (χ4v) is 3.01. The van der Waals surface area contributed by atoms with E-state index in [-0.39, 0.29) is 5.91 Å². The predicted octanol–water partition coefficient (Wildman–Crippen LogP) is 3.19. The van der Waals surface area contributed by atoms with E-state index in [1.54, 1.807) is 16.0 Å². The van der Waals surface area contributed by atoms with Crippen LogP contribution in [0, 0.1) is 13.8 Å². The maximum Gasteiger partial charge on any atom is 0.220 e. The van der Waals surface area contributed by atoms with Crippen molar-refractivity contribution in [3.05, 3.63) is 63.6 Å². The summed E-state index contributed by atoms with van der Waals surface area (Å²) in [6.45, 7) is 4.58. The zero-order chi connectivity index (χ0) is 16.9. The Kier molecular flexibility index (Phi) is 5.05. The first-order valence-corrected chi connectivity index (χ1v) is 8.83. The smallest absolute Gasteiger partial charge is 0.220 e. The van der Waals surface area contributed by atoms with Crippen LogP contribution in [-0.2, 0) is 17.8 Å². The van der Waals surface area contributed by atoms with Crippen LogP contribution in [0.15, 0.2) is 41.2 Å². The van der Waals surface area contributed by atoms with E-state index in [1.807, 2.05) is 23.0 Å². The standard InChI is InChI=1S/C18H20N4OS/c1-13-3-4-15(9-14(13)2)5-6-18(23)19-10-16-11-22(21-20-16)17-7-8-24-12-17/h3-4,7-9,11-12H,5-6,10H2,1-2H3,(H,19,23). The predicted molar refractivity (Wildman–Crippen MR) is 95.3 cm³/mol. The molecule has 0 bridgehead atoms. The maximum absolute atomic E-state index is 12.0. The Labute approximate surface area is 145 Å².